The predicted molar refractivity (Wildman–Crippen MR) is 208 cm³/mol. The van der Waals surface area contributed by atoms with E-state index in [1.165, 1.54) is 76.8 Å². The molecule has 9 aromatic carbocycles. The maximum absolute atomic E-state index is 6.43. The van der Waals surface area contributed by atoms with Gasteiger partial charge < -0.3 is 4.42 Å². The molecule has 0 radical (unpaired) electrons. The van der Waals surface area contributed by atoms with Crippen LogP contribution in [0.3, 0.4) is 0 Å². The monoisotopic (exact) mass is 622 g/mol. The standard InChI is InChI=1S/C48H30O/c1-3-12-31(13-4-1)34-24-22-32-23-25-35(29-37(32)28-34)46-39-16-7-9-18-41(39)47(42-19-10-8-17-40(42)46)36-26-27-44-43(30-36)48-38(20-11-21-45(48)49-44)33-14-5-2-6-15-33/h1-30H. The number of hydrogen-bond acceptors (Lipinski definition) is 1. The molecule has 10 aromatic rings. The fourth-order valence-corrected chi connectivity index (χ4v) is 7.80. The molecule has 1 aromatic heterocycles. The second-order valence-corrected chi connectivity index (χ2v) is 12.8. The molecule has 0 spiro atoms. The van der Waals surface area contributed by atoms with E-state index in [4.69, 9.17) is 4.42 Å². The van der Waals surface area contributed by atoms with E-state index < -0.39 is 0 Å². The Morgan fingerprint density at radius 3 is 1.47 bits per heavy atom. The molecular formula is C48H30O. The lowest BCUT2D eigenvalue weighted by atomic mass is 9.85. The van der Waals surface area contributed by atoms with Gasteiger partial charge >= 0.3 is 0 Å². The number of rotatable bonds is 4. The van der Waals surface area contributed by atoms with E-state index >= 15 is 0 Å². The predicted octanol–water partition coefficient (Wildman–Crippen LogP) is 13.7. The molecule has 0 amide bonds. The first-order valence-electron chi connectivity index (χ1n) is 16.8. The van der Waals surface area contributed by atoms with E-state index in [1.807, 2.05) is 0 Å². The van der Waals surface area contributed by atoms with Gasteiger partial charge in [0.2, 0.25) is 0 Å². The van der Waals surface area contributed by atoms with Crippen molar-refractivity contribution in [3.05, 3.63) is 182 Å². The van der Waals surface area contributed by atoms with Crippen LogP contribution in [0.15, 0.2) is 186 Å². The van der Waals surface area contributed by atoms with Crippen molar-refractivity contribution in [2.24, 2.45) is 0 Å². The third-order valence-corrected chi connectivity index (χ3v) is 10.0. The highest BCUT2D eigenvalue weighted by atomic mass is 16.3. The minimum Gasteiger partial charge on any atom is -0.456 e. The summed E-state index contributed by atoms with van der Waals surface area (Å²) in [6.07, 6.45) is 0. The topological polar surface area (TPSA) is 13.1 Å². The first kappa shape index (κ1) is 27.7. The molecule has 228 valence electrons. The molecule has 10 rings (SSSR count). The molecule has 0 aliphatic rings. The quantitative estimate of drug-likeness (QED) is 0.178. The molecule has 0 aliphatic heterocycles. The summed E-state index contributed by atoms with van der Waals surface area (Å²) in [6, 6.07) is 65.8. The highest BCUT2D eigenvalue weighted by Crippen LogP contribution is 2.46. The molecule has 0 bridgehead atoms. The van der Waals surface area contributed by atoms with Crippen LogP contribution in [0.4, 0.5) is 0 Å². The summed E-state index contributed by atoms with van der Waals surface area (Å²) in [6.45, 7) is 0. The SMILES string of the molecule is c1ccc(-c2ccc3ccc(-c4c5ccccc5c(-c5ccc6oc7cccc(-c8ccccc8)c7c6c5)c5ccccc45)cc3c2)cc1. The molecule has 0 saturated carbocycles. The normalized spacial score (nSPS) is 11.7. The fraction of sp³-hybridized carbons (Fsp3) is 0. The van der Waals surface area contributed by atoms with E-state index in [9.17, 15) is 0 Å². The maximum Gasteiger partial charge on any atom is 0.136 e. The van der Waals surface area contributed by atoms with Gasteiger partial charge in [0.1, 0.15) is 11.2 Å². The molecule has 0 aliphatic carbocycles. The van der Waals surface area contributed by atoms with E-state index in [0.717, 1.165) is 21.9 Å². The maximum atomic E-state index is 6.43. The Morgan fingerprint density at radius 2 is 0.816 bits per heavy atom. The van der Waals surface area contributed by atoms with Crippen molar-refractivity contribution in [1.29, 1.82) is 0 Å². The van der Waals surface area contributed by atoms with Gasteiger partial charge in [-0.25, -0.2) is 0 Å². The molecule has 49 heavy (non-hydrogen) atoms. The van der Waals surface area contributed by atoms with Crippen molar-refractivity contribution in [3.63, 3.8) is 0 Å². The van der Waals surface area contributed by atoms with Gasteiger partial charge in [-0.1, -0.05) is 152 Å². The van der Waals surface area contributed by atoms with Gasteiger partial charge in [0, 0.05) is 10.8 Å². The molecular weight excluding hydrogens is 593 g/mol. The highest BCUT2D eigenvalue weighted by molar-refractivity contribution is 6.23. The summed E-state index contributed by atoms with van der Waals surface area (Å²) in [5.74, 6) is 0. The zero-order valence-corrected chi connectivity index (χ0v) is 26.7. The summed E-state index contributed by atoms with van der Waals surface area (Å²) < 4.78 is 6.43. The molecule has 1 nitrogen and oxygen atoms in total. The summed E-state index contributed by atoms with van der Waals surface area (Å²) in [7, 11) is 0. The van der Waals surface area contributed by atoms with Crippen LogP contribution in [-0.2, 0) is 0 Å². The van der Waals surface area contributed by atoms with Crippen LogP contribution in [0.2, 0.25) is 0 Å². The third-order valence-electron chi connectivity index (χ3n) is 10.0. The smallest absolute Gasteiger partial charge is 0.136 e. The van der Waals surface area contributed by atoms with Crippen LogP contribution in [-0.4, -0.2) is 0 Å². The van der Waals surface area contributed by atoms with Crippen LogP contribution in [0.25, 0.3) is 98.8 Å². The van der Waals surface area contributed by atoms with Gasteiger partial charge in [-0.3, -0.25) is 0 Å². The van der Waals surface area contributed by atoms with Gasteiger partial charge in [-0.15, -0.1) is 0 Å². The van der Waals surface area contributed by atoms with Crippen molar-refractivity contribution >= 4 is 54.3 Å². The van der Waals surface area contributed by atoms with Gasteiger partial charge in [-0.2, -0.15) is 0 Å². The van der Waals surface area contributed by atoms with Crippen LogP contribution >= 0.6 is 0 Å². The third kappa shape index (κ3) is 4.47. The lowest BCUT2D eigenvalue weighted by Gasteiger charge is -2.18. The Bertz CT molecular complexity index is 2800. The van der Waals surface area contributed by atoms with Gasteiger partial charge in [0.05, 0.1) is 0 Å². The van der Waals surface area contributed by atoms with Crippen molar-refractivity contribution in [2.45, 2.75) is 0 Å². The molecule has 1 heteroatoms. The van der Waals surface area contributed by atoms with Crippen LogP contribution in [0.1, 0.15) is 0 Å². The van der Waals surface area contributed by atoms with Crippen LogP contribution < -0.4 is 0 Å². The largest absolute Gasteiger partial charge is 0.456 e. The van der Waals surface area contributed by atoms with Crippen molar-refractivity contribution < 1.29 is 4.42 Å². The number of furan rings is 1. The number of fused-ring (bicyclic) bond motifs is 6. The van der Waals surface area contributed by atoms with E-state index in [2.05, 4.69) is 182 Å². The van der Waals surface area contributed by atoms with Crippen LogP contribution in [0.5, 0.6) is 0 Å². The van der Waals surface area contributed by atoms with Crippen molar-refractivity contribution in [2.75, 3.05) is 0 Å². The average Bonchev–Trinajstić information content (AvgIpc) is 3.55. The van der Waals surface area contributed by atoms with Crippen molar-refractivity contribution in [1.82, 2.24) is 0 Å². The van der Waals surface area contributed by atoms with Crippen molar-refractivity contribution in [3.8, 4) is 44.5 Å². The Hall–Kier alpha value is -6.44. The zero-order chi connectivity index (χ0) is 32.3. The summed E-state index contributed by atoms with van der Waals surface area (Å²) in [5, 5.41) is 9.74. The first-order chi connectivity index (χ1) is 24.3. The summed E-state index contributed by atoms with van der Waals surface area (Å²) in [5.41, 5.74) is 11.6. The molecule has 1 heterocycles. The minimum absolute atomic E-state index is 0.901. The average molecular weight is 623 g/mol. The van der Waals surface area contributed by atoms with E-state index in [1.54, 1.807) is 0 Å². The zero-order valence-electron chi connectivity index (χ0n) is 26.7. The Kier molecular flexibility index (Phi) is 6.25. The Labute approximate surface area is 284 Å². The molecule has 0 unspecified atom stereocenters. The molecule has 0 saturated heterocycles. The Morgan fingerprint density at radius 1 is 0.286 bits per heavy atom. The number of benzene rings is 9. The number of hydrogen-bond donors (Lipinski definition) is 0. The van der Waals surface area contributed by atoms with Gasteiger partial charge in [0.15, 0.2) is 0 Å². The minimum atomic E-state index is 0.901. The van der Waals surface area contributed by atoms with E-state index in [0.29, 0.717) is 0 Å². The molecule has 0 atom stereocenters. The van der Waals surface area contributed by atoms with Gasteiger partial charge in [-0.05, 0) is 107 Å². The second-order valence-electron chi connectivity index (χ2n) is 12.8. The first-order valence-corrected chi connectivity index (χ1v) is 16.8. The molecule has 0 N–H and O–H groups in total. The van der Waals surface area contributed by atoms with Gasteiger partial charge in [0.25, 0.3) is 0 Å². The van der Waals surface area contributed by atoms with E-state index in [-0.39, 0.29) is 0 Å². The lowest BCUT2D eigenvalue weighted by molar-refractivity contribution is 0.669. The highest BCUT2D eigenvalue weighted by Gasteiger charge is 2.19. The second kappa shape index (κ2) is 11.1. The van der Waals surface area contributed by atoms with Crippen LogP contribution in [0, 0.1) is 0 Å². The summed E-state index contributed by atoms with van der Waals surface area (Å²) >= 11 is 0. The Balaban J connectivity index is 1.22. The fourth-order valence-electron chi connectivity index (χ4n) is 7.80. The lowest BCUT2D eigenvalue weighted by Crippen LogP contribution is -1.91. The molecule has 0 fully saturated rings. The summed E-state index contributed by atoms with van der Waals surface area (Å²) in [4.78, 5) is 0.